The van der Waals surface area contributed by atoms with Gasteiger partial charge in [-0.25, -0.2) is 4.99 Å². The highest BCUT2D eigenvalue weighted by Crippen LogP contribution is 2.47. The van der Waals surface area contributed by atoms with Crippen LogP contribution in [-0.4, -0.2) is 59.9 Å². The summed E-state index contributed by atoms with van der Waals surface area (Å²) >= 11 is 0. The molecule has 1 fully saturated rings. The maximum atomic E-state index is 13.4. The van der Waals surface area contributed by atoms with Crippen LogP contribution in [0.25, 0.3) is 0 Å². The minimum Gasteiger partial charge on any atom is -0.487 e. The Morgan fingerprint density at radius 1 is 1.33 bits per heavy atom. The maximum Gasteiger partial charge on any atom is 0.573 e. The minimum absolute atomic E-state index is 0.128. The first-order chi connectivity index (χ1) is 18.1. The standard InChI is InChI=1S/C27H37F3N4O5/c1-6-26(4)14-22(35)34(24(31)33-26)20(9-10-37-5)16-12-17(16)23(36)32-19-13-25(2,3)39-21-8-7-15(11-18(19)21)38-27(28,29)30/h7-8,11,16-17,19-20H,6,9-10,12-14H2,1-5H3,(H2,31,33)(H,32,36)/t16-,17-,19?,20+,26+/m0/s1. The van der Waals surface area contributed by atoms with E-state index in [0.717, 1.165) is 0 Å². The van der Waals surface area contributed by atoms with Crippen LogP contribution in [0.1, 0.15) is 71.4 Å². The monoisotopic (exact) mass is 554 g/mol. The van der Waals surface area contributed by atoms with Crippen LogP contribution in [0.15, 0.2) is 23.2 Å². The van der Waals surface area contributed by atoms with Crippen molar-refractivity contribution in [1.82, 2.24) is 10.2 Å². The van der Waals surface area contributed by atoms with Crippen LogP contribution in [0.3, 0.4) is 0 Å². The zero-order valence-corrected chi connectivity index (χ0v) is 22.9. The third-order valence-electron chi connectivity index (χ3n) is 7.80. The molecular weight excluding hydrogens is 517 g/mol. The number of rotatable bonds is 9. The summed E-state index contributed by atoms with van der Waals surface area (Å²) < 4.78 is 53.8. The van der Waals surface area contributed by atoms with Gasteiger partial charge in [0.15, 0.2) is 5.96 Å². The fourth-order valence-corrected chi connectivity index (χ4v) is 5.62. The zero-order chi connectivity index (χ0) is 28.8. The molecule has 1 aromatic rings. The highest BCUT2D eigenvalue weighted by molar-refractivity contribution is 5.99. The molecule has 0 spiro atoms. The Labute approximate surface area is 226 Å². The first-order valence-electron chi connectivity index (χ1n) is 13.2. The molecule has 0 radical (unpaired) electrons. The molecule has 39 heavy (non-hydrogen) atoms. The highest BCUT2D eigenvalue weighted by Gasteiger charge is 2.53. The molecular formula is C27H37F3N4O5. The summed E-state index contributed by atoms with van der Waals surface area (Å²) in [6.07, 6.45) is -2.56. The SMILES string of the molecule is CC[C@]1(C)CC(=O)N([C@H](CCOC)[C@H]2C[C@@H]2C(=O)NC2CC(C)(C)Oc3ccc(OC(F)(F)F)cc32)C(N)=N1. The number of amides is 2. The minimum atomic E-state index is -4.84. The van der Waals surface area contributed by atoms with Gasteiger partial charge in [0, 0.05) is 37.7 Å². The zero-order valence-electron chi connectivity index (χ0n) is 22.9. The van der Waals surface area contributed by atoms with Crippen molar-refractivity contribution in [2.45, 2.75) is 89.4 Å². The Bertz CT molecular complexity index is 1140. The molecule has 1 saturated carbocycles. The Morgan fingerprint density at radius 2 is 2.05 bits per heavy atom. The van der Waals surface area contributed by atoms with E-state index >= 15 is 0 Å². The van der Waals surface area contributed by atoms with Gasteiger partial charge in [-0.05, 0) is 64.2 Å². The number of nitrogens with two attached hydrogens (primary N) is 1. The van der Waals surface area contributed by atoms with E-state index in [2.05, 4.69) is 15.0 Å². The van der Waals surface area contributed by atoms with E-state index in [0.29, 0.717) is 43.6 Å². The van der Waals surface area contributed by atoms with E-state index in [1.54, 1.807) is 7.11 Å². The Kier molecular flexibility index (Phi) is 7.81. The average molecular weight is 555 g/mol. The highest BCUT2D eigenvalue weighted by atomic mass is 19.4. The predicted molar refractivity (Wildman–Crippen MR) is 137 cm³/mol. The van der Waals surface area contributed by atoms with E-state index in [-0.39, 0.29) is 41.9 Å². The second-order valence-electron chi connectivity index (χ2n) is 11.5. The van der Waals surface area contributed by atoms with Crippen molar-refractivity contribution in [2.24, 2.45) is 22.6 Å². The fourth-order valence-electron chi connectivity index (χ4n) is 5.62. The molecule has 2 heterocycles. The molecule has 3 aliphatic rings. The molecule has 3 N–H and O–H groups in total. The first kappa shape index (κ1) is 29.0. The summed E-state index contributed by atoms with van der Waals surface area (Å²) in [5, 5.41) is 3.02. The number of alkyl halides is 3. The molecule has 12 heteroatoms. The number of nitrogens with one attached hydrogen (secondary N) is 1. The number of methoxy groups -OCH3 is 1. The third-order valence-corrected chi connectivity index (χ3v) is 7.80. The van der Waals surface area contributed by atoms with Gasteiger partial charge in [0.1, 0.15) is 17.1 Å². The summed E-state index contributed by atoms with van der Waals surface area (Å²) in [5.74, 6) is -0.761. The van der Waals surface area contributed by atoms with Crippen LogP contribution in [0.4, 0.5) is 13.2 Å². The molecule has 4 rings (SSSR count). The number of carbonyl (C=O) groups excluding carboxylic acids is 2. The van der Waals surface area contributed by atoms with Gasteiger partial charge >= 0.3 is 6.36 Å². The molecule has 9 nitrogen and oxygen atoms in total. The van der Waals surface area contributed by atoms with Gasteiger partial charge in [0.05, 0.1) is 18.0 Å². The molecule has 0 bridgehead atoms. The van der Waals surface area contributed by atoms with E-state index in [4.69, 9.17) is 15.2 Å². The van der Waals surface area contributed by atoms with E-state index in [9.17, 15) is 22.8 Å². The van der Waals surface area contributed by atoms with Gasteiger partial charge in [0.2, 0.25) is 11.8 Å². The van der Waals surface area contributed by atoms with Crippen LogP contribution >= 0.6 is 0 Å². The fraction of sp³-hybridized carbons (Fsp3) is 0.667. The number of carbonyl (C=O) groups is 2. The van der Waals surface area contributed by atoms with Crippen LogP contribution < -0.4 is 20.5 Å². The summed E-state index contributed by atoms with van der Waals surface area (Å²) in [7, 11) is 1.57. The Balaban J connectivity index is 1.52. The normalized spacial score (nSPS) is 28.6. The number of benzene rings is 1. The molecule has 1 unspecified atom stereocenters. The summed E-state index contributed by atoms with van der Waals surface area (Å²) in [5.41, 5.74) is 5.49. The lowest BCUT2D eigenvalue weighted by atomic mass is 9.89. The second-order valence-corrected chi connectivity index (χ2v) is 11.5. The molecule has 1 aromatic carbocycles. The van der Waals surface area contributed by atoms with Gasteiger partial charge in [0.25, 0.3) is 0 Å². The molecule has 0 aromatic heterocycles. The van der Waals surface area contributed by atoms with Crippen molar-refractivity contribution in [3.63, 3.8) is 0 Å². The van der Waals surface area contributed by atoms with Gasteiger partial charge in [-0.1, -0.05) is 6.92 Å². The molecule has 0 saturated heterocycles. The lowest BCUT2D eigenvalue weighted by molar-refractivity contribution is -0.274. The Hall–Kier alpha value is -3.02. The van der Waals surface area contributed by atoms with Crippen LogP contribution in [0.5, 0.6) is 11.5 Å². The summed E-state index contributed by atoms with van der Waals surface area (Å²) in [6.45, 7) is 7.93. The van der Waals surface area contributed by atoms with Crippen LogP contribution in [0.2, 0.25) is 0 Å². The number of halogens is 3. The number of aliphatic imine (C=N–C) groups is 1. The number of hydrogen-bond acceptors (Lipinski definition) is 7. The smallest absolute Gasteiger partial charge is 0.487 e. The van der Waals surface area contributed by atoms with E-state index in [1.165, 1.54) is 23.1 Å². The molecule has 1 aliphatic carbocycles. The van der Waals surface area contributed by atoms with Crippen molar-refractivity contribution in [3.8, 4) is 11.5 Å². The predicted octanol–water partition coefficient (Wildman–Crippen LogP) is 4.06. The average Bonchev–Trinajstić information content (AvgIpc) is 3.60. The quantitative estimate of drug-likeness (QED) is 0.476. The maximum absolute atomic E-state index is 13.4. The van der Waals surface area contributed by atoms with Gasteiger partial charge < -0.3 is 25.3 Å². The number of ether oxygens (including phenoxy) is 3. The number of hydrogen-bond donors (Lipinski definition) is 2. The molecule has 5 atom stereocenters. The van der Waals surface area contributed by atoms with Gasteiger partial charge in [-0.2, -0.15) is 0 Å². The number of nitrogens with zero attached hydrogens (tertiary/aromatic N) is 2. The van der Waals surface area contributed by atoms with Crippen molar-refractivity contribution >= 4 is 17.8 Å². The summed E-state index contributed by atoms with van der Waals surface area (Å²) in [4.78, 5) is 32.7. The Morgan fingerprint density at radius 3 is 2.67 bits per heavy atom. The van der Waals surface area contributed by atoms with E-state index < -0.39 is 29.5 Å². The second kappa shape index (κ2) is 10.5. The van der Waals surface area contributed by atoms with Crippen LogP contribution in [-0.2, 0) is 14.3 Å². The van der Waals surface area contributed by atoms with Crippen LogP contribution in [0, 0.1) is 11.8 Å². The third kappa shape index (κ3) is 6.59. The van der Waals surface area contributed by atoms with Crippen molar-refractivity contribution in [1.29, 1.82) is 0 Å². The summed E-state index contributed by atoms with van der Waals surface area (Å²) in [6, 6.07) is 2.92. The largest absolute Gasteiger partial charge is 0.573 e. The molecule has 216 valence electrons. The lowest BCUT2D eigenvalue weighted by Crippen LogP contribution is -2.56. The molecule has 2 aliphatic heterocycles. The number of fused-ring (bicyclic) bond motifs is 1. The van der Waals surface area contributed by atoms with Gasteiger partial charge in [-0.3, -0.25) is 14.5 Å². The topological polar surface area (TPSA) is 115 Å². The lowest BCUT2D eigenvalue weighted by Gasteiger charge is -2.39. The van der Waals surface area contributed by atoms with E-state index in [1.807, 2.05) is 27.7 Å². The first-order valence-corrected chi connectivity index (χ1v) is 13.2. The van der Waals surface area contributed by atoms with Gasteiger partial charge in [-0.15, -0.1) is 13.2 Å². The molecule has 2 amide bonds. The number of guanidine groups is 1. The van der Waals surface area contributed by atoms with Crippen molar-refractivity contribution in [2.75, 3.05) is 13.7 Å². The van der Waals surface area contributed by atoms with Crippen molar-refractivity contribution < 1.29 is 37.0 Å². The van der Waals surface area contributed by atoms with Crippen molar-refractivity contribution in [3.05, 3.63) is 23.8 Å².